The van der Waals surface area contributed by atoms with Gasteiger partial charge in [0.15, 0.2) is 0 Å². The second-order valence-electron chi connectivity index (χ2n) is 2.91. The molecule has 0 unspecified atom stereocenters. The van der Waals surface area contributed by atoms with E-state index in [4.69, 9.17) is 10.00 Å². The molecule has 2 rings (SSSR count). The molecule has 15 heavy (non-hydrogen) atoms. The summed E-state index contributed by atoms with van der Waals surface area (Å²) in [5.41, 5.74) is 0.524. The smallest absolute Gasteiger partial charge is 0.219 e. The van der Waals surface area contributed by atoms with Crippen molar-refractivity contribution in [2.75, 3.05) is 0 Å². The van der Waals surface area contributed by atoms with Gasteiger partial charge in [0.1, 0.15) is 11.8 Å². The first-order valence-corrected chi connectivity index (χ1v) is 4.47. The lowest BCUT2D eigenvalue weighted by Gasteiger charge is -2.03. The maximum Gasteiger partial charge on any atom is 0.219 e. The van der Waals surface area contributed by atoms with E-state index in [0.717, 1.165) is 5.75 Å². The molecule has 0 amide bonds. The monoisotopic (exact) mass is 196 g/mol. The number of nitrogens with zero attached hydrogens (tertiary/aromatic N) is 2. The Hall–Kier alpha value is -2.34. The molecule has 1 heterocycles. The Morgan fingerprint density at radius 3 is 2.47 bits per heavy atom. The summed E-state index contributed by atoms with van der Waals surface area (Å²) in [6, 6.07) is 14.7. The molecule has 72 valence electrons. The number of hydrogen-bond donors (Lipinski definition) is 0. The molecule has 2 aromatic rings. The summed E-state index contributed by atoms with van der Waals surface area (Å²) in [7, 11) is 0. The van der Waals surface area contributed by atoms with E-state index < -0.39 is 0 Å². The standard InChI is InChI=1S/C12H8N2O/c13-8-10-6-7-12(14-9-10)15-11-4-2-1-3-5-11/h1-7,9H. The Kier molecular flexibility index (Phi) is 2.61. The average Bonchev–Trinajstić information content (AvgIpc) is 2.31. The molecule has 0 radical (unpaired) electrons. The number of benzene rings is 1. The Labute approximate surface area is 87.6 Å². The lowest BCUT2D eigenvalue weighted by molar-refractivity contribution is 0.463. The van der Waals surface area contributed by atoms with Crippen LogP contribution in [-0.4, -0.2) is 4.98 Å². The van der Waals surface area contributed by atoms with Gasteiger partial charge in [-0.05, 0) is 18.2 Å². The molecule has 0 aliphatic carbocycles. The van der Waals surface area contributed by atoms with Gasteiger partial charge in [-0.15, -0.1) is 0 Å². The van der Waals surface area contributed by atoms with E-state index in [0.29, 0.717) is 11.4 Å². The highest BCUT2D eigenvalue weighted by Crippen LogP contribution is 2.18. The lowest BCUT2D eigenvalue weighted by Crippen LogP contribution is -1.87. The molecule has 1 aromatic carbocycles. The zero-order valence-corrected chi connectivity index (χ0v) is 7.92. The number of aromatic nitrogens is 1. The van der Waals surface area contributed by atoms with Gasteiger partial charge in [0.05, 0.1) is 5.56 Å². The van der Waals surface area contributed by atoms with Crippen LogP contribution in [0, 0.1) is 11.3 Å². The molecule has 3 heteroatoms. The van der Waals surface area contributed by atoms with E-state index >= 15 is 0 Å². The minimum Gasteiger partial charge on any atom is -0.439 e. The summed E-state index contributed by atoms with van der Waals surface area (Å²) >= 11 is 0. The van der Waals surface area contributed by atoms with Crippen molar-refractivity contribution in [1.82, 2.24) is 4.98 Å². The highest BCUT2D eigenvalue weighted by Gasteiger charge is 1.97. The third kappa shape index (κ3) is 2.32. The van der Waals surface area contributed by atoms with Crippen molar-refractivity contribution in [1.29, 1.82) is 5.26 Å². The normalized spacial score (nSPS) is 9.27. The van der Waals surface area contributed by atoms with Crippen LogP contribution < -0.4 is 4.74 Å². The maximum atomic E-state index is 8.59. The summed E-state index contributed by atoms with van der Waals surface area (Å²) in [6.45, 7) is 0. The molecule has 0 aliphatic heterocycles. The van der Waals surface area contributed by atoms with E-state index in [1.165, 1.54) is 6.20 Å². The predicted molar refractivity (Wildman–Crippen MR) is 55.5 cm³/mol. The number of rotatable bonds is 2. The zero-order chi connectivity index (χ0) is 10.5. The van der Waals surface area contributed by atoms with Crippen molar-refractivity contribution < 1.29 is 4.74 Å². The van der Waals surface area contributed by atoms with Gasteiger partial charge in [-0.25, -0.2) is 4.98 Å². The summed E-state index contributed by atoms with van der Waals surface area (Å²) < 4.78 is 5.46. The van der Waals surface area contributed by atoms with Crippen molar-refractivity contribution in [2.24, 2.45) is 0 Å². The molecule has 1 aromatic heterocycles. The quantitative estimate of drug-likeness (QED) is 0.741. The highest BCUT2D eigenvalue weighted by atomic mass is 16.5. The van der Waals surface area contributed by atoms with Crippen LogP contribution in [0.25, 0.3) is 0 Å². The third-order valence-electron chi connectivity index (χ3n) is 1.83. The van der Waals surface area contributed by atoms with Crippen molar-refractivity contribution >= 4 is 0 Å². The second kappa shape index (κ2) is 4.25. The number of pyridine rings is 1. The fraction of sp³-hybridized carbons (Fsp3) is 0. The van der Waals surface area contributed by atoms with Crippen molar-refractivity contribution in [2.45, 2.75) is 0 Å². The first kappa shape index (κ1) is 9.22. The first-order chi connectivity index (χ1) is 7.38. The van der Waals surface area contributed by atoms with E-state index in [2.05, 4.69) is 4.98 Å². The topological polar surface area (TPSA) is 45.9 Å². The van der Waals surface area contributed by atoms with E-state index in [1.54, 1.807) is 12.1 Å². The molecule has 0 saturated carbocycles. The molecule has 0 atom stereocenters. The van der Waals surface area contributed by atoms with Gasteiger partial charge in [0.2, 0.25) is 5.88 Å². The van der Waals surface area contributed by atoms with Crippen molar-refractivity contribution in [3.63, 3.8) is 0 Å². The van der Waals surface area contributed by atoms with Gasteiger partial charge in [0, 0.05) is 12.3 Å². The molecule has 0 saturated heterocycles. The molecule has 0 fully saturated rings. The van der Waals surface area contributed by atoms with Gasteiger partial charge < -0.3 is 4.74 Å². The van der Waals surface area contributed by atoms with Gasteiger partial charge >= 0.3 is 0 Å². The third-order valence-corrected chi connectivity index (χ3v) is 1.83. The molecule has 0 N–H and O–H groups in total. The first-order valence-electron chi connectivity index (χ1n) is 4.47. The van der Waals surface area contributed by atoms with Crippen LogP contribution in [-0.2, 0) is 0 Å². The van der Waals surface area contributed by atoms with Gasteiger partial charge in [-0.1, -0.05) is 18.2 Å². The molecule has 0 bridgehead atoms. The minimum absolute atomic E-state index is 0.486. The highest BCUT2D eigenvalue weighted by molar-refractivity contribution is 5.31. The van der Waals surface area contributed by atoms with E-state index in [9.17, 15) is 0 Å². The average molecular weight is 196 g/mol. The summed E-state index contributed by atoms with van der Waals surface area (Å²) in [5, 5.41) is 8.59. The maximum absolute atomic E-state index is 8.59. The fourth-order valence-corrected chi connectivity index (χ4v) is 1.12. The Bertz CT molecular complexity index is 471. The molecule has 0 spiro atoms. The van der Waals surface area contributed by atoms with E-state index in [-0.39, 0.29) is 0 Å². The van der Waals surface area contributed by atoms with Crippen LogP contribution in [0.15, 0.2) is 48.7 Å². The summed E-state index contributed by atoms with van der Waals surface area (Å²) in [4.78, 5) is 4.00. The number of ether oxygens (including phenoxy) is 1. The summed E-state index contributed by atoms with van der Waals surface area (Å²) in [6.07, 6.45) is 1.48. The fourth-order valence-electron chi connectivity index (χ4n) is 1.12. The second-order valence-corrected chi connectivity index (χ2v) is 2.91. The van der Waals surface area contributed by atoms with Crippen LogP contribution in [0.3, 0.4) is 0 Å². The molecular weight excluding hydrogens is 188 g/mol. The van der Waals surface area contributed by atoms with Gasteiger partial charge in [0.25, 0.3) is 0 Å². The van der Waals surface area contributed by atoms with Crippen LogP contribution >= 0.6 is 0 Å². The Morgan fingerprint density at radius 2 is 1.87 bits per heavy atom. The van der Waals surface area contributed by atoms with Crippen LogP contribution in [0.5, 0.6) is 11.6 Å². The number of nitriles is 1. The SMILES string of the molecule is N#Cc1ccc(Oc2ccccc2)nc1. The van der Waals surface area contributed by atoms with Crippen LogP contribution in [0.1, 0.15) is 5.56 Å². The molecular formula is C12H8N2O. The van der Waals surface area contributed by atoms with Gasteiger partial charge in [-0.3, -0.25) is 0 Å². The largest absolute Gasteiger partial charge is 0.439 e. The lowest BCUT2D eigenvalue weighted by atomic mass is 10.3. The van der Waals surface area contributed by atoms with Gasteiger partial charge in [-0.2, -0.15) is 5.26 Å². The zero-order valence-electron chi connectivity index (χ0n) is 7.92. The molecule has 3 nitrogen and oxygen atoms in total. The predicted octanol–water partition coefficient (Wildman–Crippen LogP) is 2.75. The van der Waals surface area contributed by atoms with E-state index in [1.807, 2.05) is 36.4 Å². The van der Waals surface area contributed by atoms with Crippen molar-refractivity contribution in [3.8, 4) is 17.7 Å². The van der Waals surface area contributed by atoms with Crippen LogP contribution in [0.2, 0.25) is 0 Å². The summed E-state index contributed by atoms with van der Waals surface area (Å²) in [5.74, 6) is 1.22. The van der Waals surface area contributed by atoms with Crippen molar-refractivity contribution in [3.05, 3.63) is 54.2 Å². The molecule has 0 aliphatic rings. The Morgan fingerprint density at radius 1 is 1.07 bits per heavy atom. The number of para-hydroxylation sites is 1. The number of hydrogen-bond acceptors (Lipinski definition) is 3. The minimum atomic E-state index is 0.486. The van der Waals surface area contributed by atoms with Crippen LogP contribution in [0.4, 0.5) is 0 Å². The Balaban J connectivity index is 2.16.